The molecule has 1 aliphatic rings. The molecule has 1 aromatic heterocycles. The Hall–Kier alpha value is -0.940. The number of carbonyl (C=O) groups is 1. The second-order valence-electron chi connectivity index (χ2n) is 3.65. The van der Waals surface area contributed by atoms with Gasteiger partial charge in [0.15, 0.2) is 0 Å². The molecule has 5 heteroatoms. The Kier molecular flexibility index (Phi) is 3.02. The van der Waals surface area contributed by atoms with E-state index in [1.807, 2.05) is 17.0 Å². The Labute approximate surface area is 96.6 Å². The number of nitrogens with zero attached hydrogens (tertiary/aromatic N) is 2. The average molecular weight is 270 g/mol. The predicted molar refractivity (Wildman–Crippen MR) is 59.9 cm³/mol. The number of primary amides is 1. The van der Waals surface area contributed by atoms with Crippen molar-refractivity contribution in [3.05, 3.63) is 28.5 Å². The van der Waals surface area contributed by atoms with Gasteiger partial charge in [0.1, 0.15) is 0 Å². The second kappa shape index (κ2) is 4.28. The minimum Gasteiger partial charge on any atom is -0.368 e. The third-order valence-corrected chi connectivity index (χ3v) is 3.08. The van der Waals surface area contributed by atoms with Gasteiger partial charge in [0, 0.05) is 23.8 Å². The number of hydrogen-bond acceptors (Lipinski definition) is 3. The van der Waals surface area contributed by atoms with Crippen LogP contribution in [0.2, 0.25) is 0 Å². The van der Waals surface area contributed by atoms with E-state index >= 15 is 0 Å². The summed E-state index contributed by atoms with van der Waals surface area (Å²) < 4.78 is 0.960. The van der Waals surface area contributed by atoms with Crippen LogP contribution < -0.4 is 5.73 Å². The molecule has 2 N–H and O–H groups in total. The maximum atomic E-state index is 11.0. The minimum absolute atomic E-state index is 0.101. The fourth-order valence-corrected chi connectivity index (χ4v) is 1.89. The largest absolute Gasteiger partial charge is 0.368 e. The lowest BCUT2D eigenvalue weighted by Crippen LogP contribution is -2.54. The van der Waals surface area contributed by atoms with Gasteiger partial charge in [-0.1, -0.05) is 0 Å². The molecule has 2 rings (SSSR count). The first kappa shape index (κ1) is 10.6. The maximum absolute atomic E-state index is 11.0. The highest BCUT2D eigenvalue weighted by molar-refractivity contribution is 9.10. The molecule has 1 saturated heterocycles. The zero-order valence-corrected chi connectivity index (χ0v) is 9.77. The second-order valence-corrected chi connectivity index (χ2v) is 4.56. The number of aromatic nitrogens is 1. The Morgan fingerprint density at radius 3 is 2.93 bits per heavy atom. The van der Waals surface area contributed by atoms with Gasteiger partial charge < -0.3 is 5.73 Å². The topological polar surface area (TPSA) is 59.2 Å². The Balaban J connectivity index is 1.97. The van der Waals surface area contributed by atoms with Crippen LogP contribution >= 0.6 is 15.9 Å². The van der Waals surface area contributed by atoms with Gasteiger partial charge in [0.05, 0.1) is 11.7 Å². The highest BCUT2D eigenvalue weighted by atomic mass is 79.9. The lowest BCUT2D eigenvalue weighted by molar-refractivity contribution is -0.127. The summed E-state index contributed by atoms with van der Waals surface area (Å²) in [4.78, 5) is 17.3. The maximum Gasteiger partial charge on any atom is 0.234 e. The molecule has 80 valence electrons. The molecule has 1 atom stereocenters. The molecule has 0 aromatic carbocycles. The number of hydrogen-bond donors (Lipinski definition) is 1. The van der Waals surface area contributed by atoms with Crippen LogP contribution in [0.25, 0.3) is 0 Å². The van der Waals surface area contributed by atoms with Crippen LogP contribution in [-0.2, 0) is 11.3 Å². The zero-order valence-electron chi connectivity index (χ0n) is 8.19. The number of halogens is 1. The van der Waals surface area contributed by atoms with Gasteiger partial charge in [-0.2, -0.15) is 0 Å². The first-order valence-electron chi connectivity index (χ1n) is 4.80. The lowest BCUT2D eigenvalue weighted by Gasteiger charge is -2.38. The molecule has 1 aliphatic heterocycles. The van der Waals surface area contributed by atoms with Gasteiger partial charge >= 0.3 is 0 Å². The molecular formula is C10H12BrN3O. The van der Waals surface area contributed by atoms with Crippen LogP contribution in [0, 0.1) is 0 Å². The summed E-state index contributed by atoms with van der Waals surface area (Å²) >= 11 is 3.33. The van der Waals surface area contributed by atoms with Crippen molar-refractivity contribution in [2.45, 2.75) is 19.0 Å². The molecule has 1 amide bonds. The van der Waals surface area contributed by atoms with Crippen LogP contribution in [0.5, 0.6) is 0 Å². The van der Waals surface area contributed by atoms with E-state index < -0.39 is 0 Å². The monoisotopic (exact) mass is 269 g/mol. The van der Waals surface area contributed by atoms with Crippen molar-refractivity contribution in [1.29, 1.82) is 0 Å². The van der Waals surface area contributed by atoms with Crippen LogP contribution in [0.1, 0.15) is 12.1 Å². The standard InChI is InChI=1S/C10H12BrN3O/c11-7-1-2-8(13-5-7)6-14-4-3-9(14)10(12)15/h1-2,5,9H,3-4,6H2,(H2,12,15). The summed E-state index contributed by atoms with van der Waals surface area (Å²) in [6.45, 7) is 1.62. The van der Waals surface area contributed by atoms with Crippen molar-refractivity contribution >= 4 is 21.8 Å². The van der Waals surface area contributed by atoms with Crippen molar-refractivity contribution in [3.8, 4) is 0 Å². The van der Waals surface area contributed by atoms with Crippen molar-refractivity contribution in [3.63, 3.8) is 0 Å². The van der Waals surface area contributed by atoms with Gasteiger partial charge in [0.25, 0.3) is 0 Å². The van der Waals surface area contributed by atoms with E-state index in [1.165, 1.54) is 0 Å². The highest BCUT2D eigenvalue weighted by Crippen LogP contribution is 2.19. The predicted octanol–water partition coefficient (Wildman–Crippen LogP) is 0.904. The summed E-state index contributed by atoms with van der Waals surface area (Å²) in [6.07, 6.45) is 2.63. The van der Waals surface area contributed by atoms with E-state index in [4.69, 9.17) is 5.73 Å². The van der Waals surface area contributed by atoms with Crippen molar-refractivity contribution in [2.24, 2.45) is 5.73 Å². The summed E-state index contributed by atoms with van der Waals surface area (Å²) in [5, 5.41) is 0. The van der Waals surface area contributed by atoms with Crippen molar-refractivity contribution < 1.29 is 4.79 Å². The lowest BCUT2D eigenvalue weighted by atomic mass is 10.0. The van der Waals surface area contributed by atoms with E-state index in [2.05, 4.69) is 20.9 Å². The van der Waals surface area contributed by atoms with Crippen LogP contribution in [0.4, 0.5) is 0 Å². The Bertz CT molecular complexity index is 365. The quantitative estimate of drug-likeness (QED) is 0.887. The minimum atomic E-state index is -0.238. The normalized spacial score (nSPS) is 21.0. The summed E-state index contributed by atoms with van der Waals surface area (Å²) in [5.74, 6) is -0.238. The fourth-order valence-electron chi connectivity index (χ4n) is 1.66. The highest BCUT2D eigenvalue weighted by Gasteiger charge is 2.32. The fraction of sp³-hybridized carbons (Fsp3) is 0.400. The molecule has 15 heavy (non-hydrogen) atoms. The molecule has 4 nitrogen and oxygen atoms in total. The Morgan fingerprint density at radius 2 is 2.47 bits per heavy atom. The van der Waals surface area contributed by atoms with E-state index in [9.17, 15) is 4.79 Å². The van der Waals surface area contributed by atoms with Crippen LogP contribution in [0.15, 0.2) is 22.8 Å². The zero-order chi connectivity index (χ0) is 10.8. The molecular weight excluding hydrogens is 258 g/mol. The molecule has 0 radical (unpaired) electrons. The third kappa shape index (κ3) is 2.35. The molecule has 0 saturated carbocycles. The number of rotatable bonds is 3. The summed E-state index contributed by atoms with van der Waals surface area (Å²) in [7, 11) is 0. The summed E-state index contributed by atoms with van der Waals surface area (Å²) in [5.41, 5.74) is 6.22. The number of carbonyl (C=O) groups excluding carboxylic acids is 1. The van der Waals surface area contributed by atoms with Crippen molar-refractivity contribution in [2.75, 3.05) is 6.54 Å². The van der Waals surface area contributed by atoms with E-state index in [0.29, 0.717) is 6.54 Å². The first-order valence-corrected chi connectivity index (χ1v) is 5.60. The smallest absolute Gasteiger partial charge is 0.234 e. The van der Waals surface area contributed by atoms with Gasteiger partial charge in [-0.3, -0.25) is 14.7 Å². The number of nitrogens with two attached hydrogens (primary N) is 1. The average Bonchev–Trinajstić information content (AvgIpc) is 2.14. The number of likely N-dealkylation sites (tertiary alicyclic amines) is 1. The van der Waals surface area contributed by atoms with Gasteiger partial charge in [-0.15, -0.1) is 0 Å². The molecule has 0 bridgehead atoms. The van der Waals surface area contributed by atoms with Gasteiger partial charge in [-0.25, -0.2) is 0 Å². The van der Waals surface area contributed by atoms with Gasteiger partial charge in [-0.05, 0) is 34.5 Å². The Morgan fingerprint density at radius 1 is 1.67 bits per heavy atom. The molecule has 1 unspecified atom stereocenters. The number of amides is 1. The summed E-state index contributed by atoms with van der Waals surface area (Å²) in [6, 6.07) is 3.79. The van der Waals surface area contributed by atoms with Gasteiger partial charge in [0.2, 0.25) is 5.91 Å². The van der Waals surface area contributed by atoms with E-state index in [0.717, 1.165) is 23.1 Å². The SMILES string of the molecule is NC(=O)C1CCN1Cc1ccc(Br)cn1. The van der Waals surface area contributed by atoms with Crippen LogP contribution in [-0.4, -0.2) is 28.4 Å². The van der Waals surface area contributed by atoms with Crippen molar-refractivity contribution in [1.82, 2.24) is 9.88 Å². The first-order chi connectivity index (χ1) is 7.16. The molecule has 1 fully saturated rings. The number of pyridine rings is 1. The molecule has 0 spiro atoms. The molecule has 1 aromatic rings. The van der Waals surface area contributed by atoms with E-state index in [-0.39, 0.29) is 11.9 Å². The molecule has 2 heterocycles. The van der Waals surface area contributed by atoms with Crippen LogP contribution in [0.3, 0.4) is 0 Å². The molecule has 0 aliphatic carbocycles. The third-order valence-electron chi connectivity index (χ3n) is 2.61. The van der Waals surface area contributed by atoms with E-state index in [1.54, 1.807) is 6.20 Å².